The van der Waals surface area contributed by atoms with Crippen molar-refractivity contribution in [3.63, 3.8) is 0 Å². The average Bonchev–Trinajstić information content (AvgIpc) is 3.28. The first-order valence-corrected chi connectivity index (χ1v) is 9.21. The molecule has 3 aromatic heterocycles. The van der Waals surface area contributed by atoms with Crippen LogP contribution in [0.15, 0.2) is 60.9 Å². The van der Waals surface area contributed by atoms with Crippen LogP contribution in [0.3, 0.4) is 0 Å². The van der Waals surface area contributed by atoms with E-state index < -0.39 is 5.95 Å². The summed E-state index contributed by atoms with van der Waals surface area (Å²) in [5.41, 5.74) is 5.77. The number of nitrogens with zero attached hydrogens (tertiary/aromatic N) is 5. The molecule has 0 N–H and O–H groups in total. The highest BCUT2D eigenvalue weighted by atomic mass is 19.1. The molecule has 0 spiro atoms. The van der Waals surface area contributed by atoms with E-state index in [1.165, 1.54) is 17.8 Å². The molecule has 0 aliphatic rings. The molecule has 138 valence electrons. The Morgan fingerprint density at radius 3 is 2.61 bits per heavy atom. The van der Waals surface area contributed by atoms with Gasteiger partial charge in [0, 0.05) is 29.6 Å². The summed E-state index contributed by atoms with van der Waals surface area (Å²) >= 11 is 0. The first-order valence-electron chi connectivity index (χ1n) is 9.21. The first kappa shape index (κ1) is 16.6. The third-order valence-corrected chi connectivity index (χ3v) is 5.04. The van der Waals surface area contributed by atoms with E-state index >= 15 is 0 Å². The Balaban J connectivity index is 1.86. The van der Waals surface area contributed by atoms with Crippen molar-refractivity contribution in [3.8, 4) is 16.9 Å². The summed E-state index contributed by atoms with van der Waals surface area (Å²) in [7, 11) is 1.92. The fourth-order valence-electron chi connectivity index (χ4n) is 3.77. The second-order valence-corrected chi connectivity index (χ2v) is 6.81. The van der Waals surface area contributed by atoms with Crippen molar-refractivity contribution in [1.82, 2.24) is 24.5 Å². The van der Waals surface area contributed by atoms with E-state index in [1.807, 2.05) is 34.7 Å². The SMILES string of the molecule is CCc1cccc2c(-c3cccc4nn(C)cc34)nn(-c3ccc(F)nc3)c12. The maximum atomic E-state index is 13.4. The van der Waals surface area contributed by atoms with Crippen molar-refractivity contribution in [2.45, 2.75) is 13.3 Å². The van der Waals surface area contributed by atoms with Gasteiger partial charge in [0.05, 0.1) is 22.9 Å². The third-order valence-electron chi connectivity index (χ3n) is 5.04. The Labute approximate surface area is 161 Å². The molecule has 0 amide bonds. The smallest absolute Gasteiger partial charge is 0.212 e. The number of pyridine rings is 1. The van der Waals surface area contributed by atoms with E-state index in [9.17, 15) is 4.39 Å². The summed E-state index contributed by atoms with van der Waals surface area (Å²) in [6, 6.07) is 15.4. The lowest BCUT2D eigenvalue weighted by molar-refractivity contribution is 0.582. The number of halogens is 1. The van der Waals surface area contributed by atoms with Crippen LogP contribution in [0.5, 0.6) is 0 Å². The molecule has 5 rings (SSSR count). The lowest BCUT2D eigenvalue weighted by atomic mass is 10.0. The zero-order valence-electron chi connectivity index (χ0n) is 15.6. The Morgan fingerprint density at radius 2 is 1.82 bits per heavy atom. The molecule has 0 radical (unpaired) electrons. The van der Waals surface area contributed by atoms with Gasteiger partial charge in [-0.25, -0.2) is 9.67 Å². The highest BCUT2D eigenvalue weighted by Gasteiger charge is 2.18. The molecule has 5 aromatic rings. The van der Waals surface area contributed by atoms with Crippen molar-refractivity contribution in [2.24, 2.45) is 7.05 Å². The Hall–Kier alpha value is -3.54. The molecule has 0 aliphatic carbocycles. The quantitative estimate of drug-likeness (QED) is 0.433. The lowest BCUT2D eigenvalue weighted by Crippen LogP contribution is -2.00. The summed E-state index contributed by atoms with van der Waals surface area (Å²) in [6.07, 6.45) is 4.40. The van der Waals surface area contributed by atoms with Crippen LogP contribution in [0.4, 0.5) is 4.39 Å². The van der Waals surface area contributed by atoms with Gasteiger partial charge < -0.3 is 0 Å². The Bertz CT molecular complexity index is 1310. The lowest BCUT2D eigenvalue weighted by Gasteiger charge is -2.06. The number of aryl methyl sites for hydroxylation is 2. The molecule has 0 bridgehead atoms. The summed E-state index contributed by atoms with van der Waals surface area (Å²) in [6.45, 7) is 2.12. The van der Waals surface area contributed by atoms with Gasteiger partial charge in [0.15, 0.2) is 0 Å². The molecule has 0 saturated heterocycles. The number of benzene rings is 2. The molecule has 0 saturated carbocycles. The highest BCUT2D eigenvalue weighted by molar-refractivity contribution is 6.03. The first-order chi connectivity index (χ1) is 13.7. The summed E-state index contributed by atoms with van der Waals surface area (Å²) < 4.78 is 17.0. The van der Waals surface area contributed by atoms with Gasteiger partial charge in [-0.05, 0) is 30.2 Å². The van der Waals surface area contributed by atoms with E-state index in [0.717, 1.165) is 45.2 Å². The van der Waals surface area contributed by atoms with Crippen LogP contribution < -0.4 is 0 Å². The zero-order chi connectivity index (χ0) is 19.3. The van der Waals surface area contributed by atoms with E-state index in [-0.39, 0.29) is 0 Å². The summed E-state index contributed by atoms with van der Waals surface area (Å²) in [5, 5.41) is 11.6. The molecule has 0 unspecified atom stereocenters. The molecular weight excluding hydrogens is 353 g/mol. The van der Waals surface area contributed by atoms with E-state index in [2.05, 4.69) is 41.3 Å². The van der Waals surface area contributed by atoms with Gasteiger partial charge in [-0.15, -0.1) is 0 Å². The minimum atomic E-state index is -0.503. The number of rotatable bonds is 3. The molecule has 0 fully saturated rings. The zero-order valence-corrected chi connectivity index (χ0v) is 15.6. The fourth-order valence-corrected chi connectivity index (χ4v) is 3.77. The largest absolute Gasteiger partial charge is 0.275 e. The molecule has 0 atom stereocenters. The third kappa shape index (κ3) is 2.49. The maximum Gasteiger partial charge on any atom is 0.212 e. The normalized spacial score (nSPS) is 11.5. The van der Waals surface area contributed by atoms with Crippen LogP contribution in [0.25, 0.3) is 38.8 Å². The predicted molar refractivity (Wildman–Crippen MR) is 108 cm³/mol. The van der Waals surface area contributed by atoms with Crippen molar-refractivity contribution in [2.75, 3.05) is 0 Å². The topological polar surface area (TPSA) is 48.5 Å². The number of fused-ring (bicyclic) bond motifs is 2. The van der Waals surface area contributed by atoms with Gasteiger partial charge in [-0.2, -0.15) is 14.6 Å². The van der Waals surface area contributed by atoms with Crippen LogP contribution in [0.2, 0.25) is 0 Å². The minimum Gasteiger partial charge on any atom is -0.275 e. The second kappa shape index (κ2) is 6.27. The van der Waals surface area contributed by atoms with Crippen LogP contribution in [-0.2, 0) is 13.5 Å². The predicted octanol–water partition coefficient (Wildman–Crippen LogP) is 4.68. The maximum absolute atomic E-state index is 13.4. The van der Waals surface area contributed by atoms with Gasteiger partial charge in [-0.1, -0.05) is 37.3 Å². The van der Waals surface area contributed by atoms with E-state index in [1.54, 1.807) is 6.07 Å². The summed E-state index contributed by atoms with van der Waals surface area (Å²) in [5.74, 6) is -0.503. The van der Waals surface area contributed by atoms with Crippen LogP contribution in [0, 0.1) is 5.95 Å². The van der Waals surface area contributed by atoms with Crippen LogP contribution in [-0.4, -0.2) is 24.5 Å². The monoisotopic (exact) mass is 371 g/mol. The van der Waals surface area contributed by atoms with Crippen molar-refractivity contribution in [1.29, 1.82) is 0 Å². The van der Waals surface area contributed by atoms with Gasteiger partial charge in [0.1, 0.15) is 5.69 Å². The van der Waals surface area contributed by atoms with Gasteiger partial charge in [0.2, 0.25) is 5.95 Å². The fraction of sp³-hybridized carbons (Fsp3) is 0.136. The van der Waals surface area contributed by atoms with Crippen LogP contribution >= 0.6 is 0 Å². The van der Waals surface area contributed by atoms with E-state index in [0.29, 0.717) is 0 Å². The standard InChI is InChI=1S/C22H18FN5/c1-3-14-6-4-8-17-21(16-7-5-9-19-18(16)13-27(2)25-19)26-28(22(14)17)15-10-11-20(23)24-12-15/h4-13H,3H2,1-2H3. The van der Waals surface area contributed by atoms with Crippen molar-refractivity contribution >= 4 is 21.8 Å². The van der Waals surface area contributed by atoms with Gasteiger partial charge in [0.25, 0.3) is 0 Å². The Kier molecular flexibility index (Phi) is 3.72. The van der Waals surface area contributed by atoms with Gasteiger partial charge >= 0.3 is 0 Å². The highest BCUT2D eigenvalue weighted by Crippen LogP contribution is 2.35. The summed E-state index contributed by atoms with van der Waals surface area (Å²) in [4.78, 5) is 3.81. The van der Waals surface area contributed by atoms with Crippen LogP contribution in [0.1, 0.15) is 12.5 Å². The number of hydrogen-bond donors (Lipinski definition) is 0. The minimum absolute atomic E-state index is 0.503. The molecule has 3 heterocycles. The number of hydrogen-bond acceptors (Lipinski definition) is 3. The van der Waals surface area contributed by atoms with E-state index in [4.69, 9.17) is 5.10 Å². The molecule has 0 aliphatic heterocycles. The molecule has 2 aromatic carbocycles. The van der Waals surface area contributed by atoms with Crippen molar-refractivity contribution in [3.05, 3.63) is 72.4 Å². The second-order valence-electron chi connectivity index (χ2n) is 6.81. The molecular formula is C22H18FN5. The molecule has 5 nitrogen and oxygen atoms in total. The molecule has 6 heteroatoms. The average molecular weight is 371 g/mol. The number of aromatic nitrogens is 5. The van der Waals surface area contributed by atoms with Crippen molar-refractivity contribution < 1.29 is 4.39 Å². The number of para-hydroxylation sites is 1. The molecule has 28 heavy (non-hydrogen) atoms. The van der Waals surface area contributed by atoms with Gasteiger partial charge in [-0.3, -0.25) is 4.68 Å². The Morgan fingerprint density at radius 1 is 0.964 bits per heavy atom.